The van der Waals surface area contributed by atoms with Gasteiger partial charge in [-0.3, -0.25) is 23.2 Å². The second-order valence-corrected chi connectivity index (χ2v) is 21.3. The predicted octanol–water partition coefficient (Wildman–Crippen LogP) is 10.1. The van der Waals surface area contributed by atoms with Crippen molar-refractivity contribution in [3.05, 3.63) is 83.5 Å². The number of phosphoric ester groups is 2. The Balaban J connectivity index is 1.83. The Morgan fingerprint density at radius 2 is 1.29 bits per heavy atom. The molecule has 7 N–H and O–H groups in total. The van der Waals surface area contributed by atoms with Crippen LogP contribution in [0.5, 0.6) is 0 Å². The Bertz CT molecular complexity index is 1980. The molecule has 0 saturated carbocycles. The van der Waals surface area contributed by atoms with Gasteiger partial charge in [0.25, 0.3) is 0 Å². The standard InChI is InChI=1S/C52H87N3O16P2/c1-3-5-7-9-11-12-13-14-15-16-17-18-19-20-25-29-33-37-48(58)69-44(40-66-47(57)36-32-28-24-22-21-23-27-31-35-43(56)34-30-26-10-8-6-4-2)41-67-72(62,63)71-73(64,65)68-42-45-49(59)50(60)51(70-45)55-39-38-46(53)54-52(55)61/h14-15,22-24,26-27,30-31,35,38-39,43-45,49-51,56,59-60H,3-13,16-21,25,28-29,32-34,36-37,40-42H2,1-2H3,(H,62,63)(H,64,65)(H2,53,54,61)/b15-14-,24-22-,27-23-,30-26-,35-31+/t43-,44-,45-,49-,50-,51-/m1/s1. The fraction of sp³-hybridized carbons (Fsp3) is 0.692. The van der Waals surface area contributed by atoms with Crippen molar-refractivity contribution in [2.75, 3.05) is 25.6 Å². The third-order valence-corrected chi connectivity index (χ3v) is 14.3. The van der Waals surface area contributed by atoms with Gasteiger partial charge in [0.2, 0.25) is 0 Å². The third-order valence-electron chi connectivity index (χ3n) is 11.7. The summed E-state index contributed by atoms with van der Waals surface area (Å²) in [6, 6.07) is 1.24. The summed E-state index contributed by atoms with van der Waals surface area (Å²) in [5.41, 5.74) is 4.58. The zero-order chi connectivity index (χ0) is 53.6. The molecule has 8 atom stereocenters. The molecular formula is C52H87N3O16P2. The Hall–Kier alpha value is -3.58. The largest absolute Gasteiger partial charge is 0.481 e. The number of nitrogens with two attached hydrogens (primary N) is 1. The van der Waals surface area contributed by atoms with Crippen LogP contribution in [0.3, 0.4) is 0 Å². The van der Waals surface area contributed by atoms with Crippen molar-refractivity contribution in [2.24, 2.45) is 0 Å². The van der Waals surface area contributed by atoms with Gasteiger partial charge in [-0.05, 0) is 76.7 Å². The number of unbranched alkanes of at least 4 members (excludes halogenated alkanes) is 17. The molecular weight excluding hydrogens is 985 g/mol. The van der Waals surface area contributed by atoms with Crippen LogP contribution in [-0.4, -0.2) is 96.9 Å². The molecule has 1 saturated heterocycles. The summed E-state index contributed by atoms with van der Waals surface area (Å²) in [7, 11) is -10.9. The number of nitrogens with zero attached hydrogens (tertiary/aromatic N) is 2. The number of anilines is 1. The molecule has 0 amide bonds. The van der Waals surface area contributed by atoms with Crippen molar-refractivity contribution < 1.29 is 71.4 Å². The van der Waals surface area contributed by atoms with Gasteiger partial charge in [-0.2, -0.15) is 9.29 Å². The number of carbonyl (C=O) groups is 2. The Morgan fingerprint density at radius 3 is 1.96 bits per heavy atom. The van der Waals surface area contributed by atoms with E-state index in [0.29, 0.717) is 32.1 Å². The van der Waals surface area contributed by atoms with Gasteiger partial charge < -0.3 is 45.1 Å². The first-order chi connectivity index (χ1) is 35.1. The van der Waals surface area contributed by atoms with E-state index in [1.807, 2.05) is 30.4 Å². The summed E-state index contributed by atoms with van der Waals surface area (Å²) in [6.07, 6.45) is 36.1. The van der Waals surface area contributed by atoms with Gasteiger partial charge >= 0.3 is 33.3 Å². The van der Waals surface area contributed by atoms with Crippen LogP contribution < -0.4 is 11.4 Å². The van der Waals surface area contributed by atoms with Crippen molar-refractivity contribution in [2.45, 2.75) is 211 Å². The lowest BCUT2D eigenvalue weighted by Gasteiger charge is -2.21. The van der Waals surface area contributed by atoms with E-state index in [0.717, 1.165) is 75.0 Å². The topological polar surface area (TPSA) is 286 Å². The minimum absolute atomic E-state index is 0.0166. The number of aliphatic hydroxyl groups excluding tert-OH is 3. The fourth-order valence-electron chi connectivity index (χ4n) is 7.50. The maximum Gasteiger partial charge on any atom is 0.481 e. The molecule has 0 aromatic carbocycles. The molecule has 1 aromatic rings. The van der Waals surface area contributed by atoms with Crippen molar-refractivity contribution >= 4 is 33.4 Å². The SMILES string of the molecule is CCCCC/C=C\C[C@@H](O)/C=C/C=C\C/C=C\CCCC(=O)OC[C@H](COP(=O)(O)OP(=O)(O)OC[C@H]1O[C@@H](n2ccc(N)nc2=O)[C@H](O)[C@@H]1O)OC(=O)CCCCCCCCC/C=C\CCCCCCCC. The average molecular weight is 1070 g/mol. The zero-order valence-corrected chi connectivity index (χ0v) is 45.1. The van der Waals surface area contributed by atoms with Crippen molar-refractivity contribution in [1.82, 2.24) is 9.55 Å². The highest BCUT2D eigenvalue weighted by Gasteiger charge is 2.46. The molecule has 2 heterocycles. The lowest BCUT2D eigenvalue weighted by molar-refractivity contribution is -0.161. The Labute approximate surface area is 433 Å². The molecule has 0 aliphatic carbocycles. The molecule has 21 heteroatoms. The summed E-state index contributed by atoms with van der Waals surface area (Å²) in [4.78, 5) is 61.9. The minimum atomic E-state index is -5.45. The normalized spacial score (nSPS) is 19.9. The molecule has 2 unspecified atom stereocenters. The highest BCUT2D eigenvalue weighted by molar-refractivity contribution is 7.61. The molecule has 0 bridgehead atoms. The van der Waals surface area contributed by atoms with E-state index in [2.05, 4.69) is 41.4 Å². The van der Waals surface area contributed by atoms with Crippen LogP contribution in [0, 0.1) is 0 Å². The van der Waals surface area contributed by atoms with Crippen molar-refractivity contribution in [1.29, 1.82) is 0 Å². The number of allylic oxidation sites excluding steroid dienone is 8. The van der Waals surface area contributed by atoms with Crippen LogP contribution in [0.2, 0.25) is 0 Å². The molecule has 0 radical (unpaired) electrons. The number of aromatic nitrogens is 2. The van der Waals surface area contributed by atoms with Crippen LogP contribution in [0.1, 0.15) is 181 Å². The Morgan fingerprint density at radius 1 is 0.726 bits per heavy atom. The molecule has 1 aromatic heterocycles. The maximum atomic E-state index is 12.9. The number of aliphatic hydroxyl groups is 3. The number of hydrogen-bond acceptors (Lipinski definition) is 16. The van der Waals surface area contributed by atoms with Crippen LogP contribution in [0.4, 0.5) is 5.82 Å². The van der Waals surface area contributed by atoms with E-state index in [-0.39, 0.29) is 18.7 Å². The summed E-state index contributed by atoms with van der Waals surface area (Å²) < 4.78 is 56.7. The molecule has 1 fully saturated rings. The molecule has 19 nitrogen and oxygen atoms in total. The highest BCUT2D eigenvalue weighted by Crippen LogP contribution is 2.60. The van der Waals surface area contributed by atoms with Crippen LogP contribution >= 0.6 is 15.6 Å². The number of rotatable bonds is 43. The lowest BCUT2D eigenvalue weighted by atomic mass is 10.1. The third kappa shape index (κ3) is 32.5. The van der Waals surface area contributed by atoms with Gasteiger partial charge in [-0.15, -0.1) is 0 Å². The minimum Gasteiger partial charge on any atom is -0.462 e. The van der Waals surface area contributed by atoms with Crippen molar-refractivity contribution in [3.63, 3.8) is 0 Å². The first-order valence-corrected chi connectivity index (χ1v) is 29.4. The van der Waals surface area contributed by atoms with E-state index in [1.54, 1.807) is 12.2 Å². The van der Waals surface area contributed by atoms with Gasteiger partial charge in [0.15, 0.2) is 12.3 Å². The number of phosphoric acid groups is 2. The fourth-order valence-corrected chi connectivity index (χ4v) is 9.61. The van der Waals surface area contributed by atoms with Gasteiger partial charge in [0.1, 0.15) is 30.7 Å². The summed E-state index contributed by atoms with van der Waals surface area (Å²) in [5, 5.41) is 31.0. The van der Waals surface area contributed by atoms with E-state index < -0.39 is 89.8 Å². The first-order valence-electron chi connectivity index (χ1n) is 26.4. The molecule has 2 rings (SSSR count). The number of ether oxygens (including phenoxy) is 3. The summed E-state index contributed by atoms with van der Waals surface area (Å²) >= 11 is 0. The zero-order valence-electron chi connectivity index (χ0n) is 43.3. The average Bonchev–Trinajstić information content (AvgIpc) is 3.62. The van der Waals surface area contributed by atoms with Crippen molar-refractivity contribution in [3.8, 4) is 0 Å². The molecule has 0 spiro atoms. The second kappa shape index (κ2) is 39.8. The number of nitrogen functional groups attached to an aromatic ring is 1. The second-order valence-electron chi connectivity index (χ2n) is 18.2. The monoisotopic (exact) mass is 1070 g/mol. The van der Waals surface area contributed by atoms with E-state index in [9.17, 15) is 48.6 Å². The number of hydrogen-bond donors (Lipinski definition) is 6. The van der Waals surface area contributed by atoms with Crippen LogP contribution in [0.25, 0.3) is 0 Å². The van der Waals surface area contributed by atoms with Crippen LogP contribution in [0.15, 0.2) is 77.8 Å². The highest BCUT2D eigenvalue weighted by atomic mass is 31.3. The van der Waals surface area contributed by atoms with Gasteiger partial charge in [-0.25, -0.2) is 13.9 Å². The van der Waals surface area contributed by atoms with E-state index >= 15 is 0 Å². The van der Waals surface area contributed by atoms with Crippen LogP contribution in [-0.2, 0) is 46.3 Å². The number of carbonyl (C=O) groups excluding carboxylic acids is 2. The first kappa shape index (κ1) is 65.5. The Kier molecular flexibility index (Phi) is 35.7. The molecule has 1 aliphatic heterocycles. The van der Waals surface area contributed by atoms with Gasteiger partial charge in [0, 0.05) is 19.0 Å². The van der Waals surface area contributed by atoms with Gasteiger partial charge in [0.05, 0.1) is 19.3 Å². The number of esters is 2. The smallest absolute Gasteiger partial charge is 0.462 e. The molecule has 73 heavy (non-hydrogen) atoms. The summed E-state index contributed by atoms with van der Waals surface area (Å²) in [5.74, 6) is -1.41. The lowest BCUT2D eigenvalue weighted by Crippen LogP contribution is -2.36. The predicted molar refractivity (Wildman–Crippen MR) is 281 cm³/mol. The van der Waals surface area contributed by atoms with E-state index in [4.69, 9.17) is 29.0 Å². The molecule has 1 aliphatic rings. The van der Waals surface area contributed by atoms with E-state index in [1.165, 1.54) is 57.4 Å². The maximum absolute atomic E-state index is 12.9. The van der Waals surface area contributed by atoms with Gasteiger partial charge in [-0.1, -0.05) is 152 Å². The quantitative estimate of drug-likeness (QED) is 0.0117. The molecule has 416 valence electrons. The summed E-state index contributed by atoms with van der Waals surface area (Å²) in [6.45, 7) is 1.99.